The Morgan fingerprint density at radius 1 is 1.39 bits per heavy atom. The maximum atomic E-state index is 10.8. The number of rotatable bonds is 8. The smallest absolute Gasteiger partial charge is 0.310 e. The lowest BCUT2D eigenvalue weighted by atomic mass is 10.2. The first-order valence-corrected chi connectivity index (χ1v) is 5.77. The molecule has 0 aromatic heterocycles. The highest BCUT2D eigenvalue weighted by Crippen LogP contribution is 2.28. The van der Waals surface area contributed by atoms with Crippen LogP contribution in [0.4, 0.5) is 5.69 Å². The van der Waals surface area contributed by atoms with Crippen molar-refractivity contribution in [2.75, 3.05) is 19.8 Å². The summed E-state index contributed by atoms with van der Waals surface area (Å²) in [5.74, 6) is 0.183. The molecule has 0 radical (unpaired) electrons. The summed E-state index contributed by atoms with van der Waals surface area (Å²) in [5.41, 5.74) is 0.490. The third kappa shape index (κ3) is 4.31. The predicted octanol–water partition coefficient (Wildman–Crippen LogP) is 1.89. The van der Waals surface area contributed by atoms with Gasteiger partial charge in [0.2, 0.25) is 0 Å². The van der Waals surface area contributed by atoms with Gasteiger partial charge in [0, 0.05) is 25.7 Å². The zero-order valence-corrected chi connectivity index (χ0v) is 10.3. The van der Waals surface area contributed by atoms with Gasteiger partial charge in [0.1, 0.15) is 0 Å². The Balaban J connectivity index is 2.63. The van der Waals surface area contributed by atoms with Crippen molar-refractivity contribution in [1.82, 2.24) is 0 Å². The van der Waals surface area contributed by atoms with Gasteiger partial charge in [-0.25, -0.2) is 0 Å². The lowest BCUT2D eigenvalue weighted by molar-refractivity contribution is -0.385. The van der Waals surface area contributed by atoms with Crippen molar-refractivity contribution in [2.24, 2.45) is 0 Å². The zero-order chi connectivity index (χ0) is 13.4. The van der Waals surface area contributed by atoms with E-state index in [2.05, 4.69) is 0 Å². The molecule has 1 N–H and O–H groups in total. The van der Waals surface area contributed by atoms with E-state index in [-0.39, 0.29) is 18.0 Å². The minimum Gasteiger partial charge on any atom is -0.487 e. The quantitative estimate of drug-likeness (QED) is 0.436. The van der Waals surface area contributed by atoms with Gasteiger partial charge >= 0.3 is 5.69 Å². The topological polar surface area (TPSA) is 81.8 Å². The number of benzene rings is 1. The lowest BCUT2D eigenvalue weighted by Crippen LogP contribution is -2.05. The average molecular weight is 255 g/mol. The summed E-state index contributed by atoms with van der Waals surface area (Å²) in [5, 5.41) is 19.8. The fourth-order valence-electron chi connectivity index (χ4n) is 1.41. The molecule has 6 nitrogen and oxygen atoms in total. The van der Waals surface area contributed by atoms with Crippen molar-refractivity contribution >= 4 is 5.69 Å². The highest BCUT2D eigenvalue weighted by Gasteiger charge is 2.15. The van der Waals surface area contributed by atoms with Gasteiger partial charge in [-0.1, -0.05) is 0 Å². The third-order valence-corrected chi connectivity index (χ3v) is 2.30. The highest BCUT2D eigenvalue weighted by atomic mass is 16.6. The molecule has 1 aromatic carbocycles. The normalized spacial score (nSPS) is 10.3. The van der Waals surface area contributed by atoms with Crippen LogP contribution in [0.2, 0.25) is 0 Å². The molecule has 0 saturated carbocycles. The van der Waals surface area contributed by atoms with E-state index < -0.39 is 4.92 Å². The van der Waals surface area contributed by atoms with E-state index in [9.17, 15) is 10.1 Å². The molecule has 0 saturated heterocycles. The number of nitro benzene ring substituents is 1. The number of hydrogen-bond acceptors (Lipinski definition) is 5. The van der Waals surface area contributed by atoms with Crippen LogP contribution in [0.1, 0.15) is 18.9 Å². The zero-order valence-electron chi connectivity index (χ0n) is 10.3. The van der Waals surface area contributed by atoms with Crippen molar-refractivity contribution in [3.8, 4) is 5.75 Å². The second kappa shape index (κ2) is 7.62. The van der Waals surface area contributed by atoms with E-state index in [1.54, 1.807) is 0 Å². The van der Waals surface area contributed by atoms with Crippen LogP contribution in [0.5, 0.6) is 5.75 Å². The number of ether oxygens (including phenoxy) is 2. The van der Waals surface area contributed by atoms with Gasteiger partial charge in [0.05, 0.1) is 18.1 Å². The number of nitro groups is 1. The van der Waals surface area contributed by atoms with E-state index >= 15 is 0 Å². The number of hydrogen-bond donors (Lipinski definition) is 1. The van der Waals surface area contributed by atoms with Gasteiger partial charge in [-0.05, 0) is 24.6 Å². The highest BCUT2D eigenvalue weighted by molar-refractivity contribution is 5.48. The number of aliphatic hydroxyl groups is 1. The molecule has 0 unspecified atom stereocenters. The Labute approximate surface area is 105 Å². The van der Waals surface area contributed by atoms with E-state index in [1.165, 1.54) is 18.2 Å². The minimum absolute atomic E-state index is 0.0939. The SMILES string of the molecule is CCOCCCOc1cc(CO)ccc1[N+](=O)[O-]. The second-order valence-corrected chi connectivity index (χ2v) is 3.62. The fraction of sp³-hybridized carbons (Fsp3) is 0.500. The van der Waals surface area contributed by atoms with Crippen molar-refractivity contribution in [3.63, 3.8) is 0 Å². The monoisotopic (exact) mass is 255 g/mol. The molecule has 18 heavy (non-hydrogen) atoms. The maximum Gasteiger partial charge on any atom is 0.310 e. The van der Waals surface area contributed by atoms with Gasteiger partial charge < -0.3 is 14.6 Å². The Bertz CT molecular complexity index is 394. The summed E-state index contributed by atoms with van der Waals surface area (Å²) in [7, 11) is 0. The van der Waals surface area contributed by atoms with Gasteiger partial charge in [0.15, 0.2) is 5.75 Å². The molecule has 1 aromatic rings. The molecule has 0 heterocycles. The van der Waals surface area contributed by atoms with Crippen LogP contribution in [0.15, 0.2) is 18.2 Å². The fourth-order valence-corrected chi connectivity index (χ4v) is 1.41. The summed E-state index contributed by atoms with van der Waals surface area (Å²) >= 11 is 0. The predicted molar refractivity (Wildman–Crippen MR) is 65.6 cm³/mol. The van der Waals surface area contributed by atoms with Crippen molar-refractivity contribution < 1.29 is 19.5 Å². The first-order valence-electron chi connectivity index (χ1n) is 5.77. The summed E-state index contributed by atoms with van der Waals surface area (Å²) in [6.45, 7) is 3.27. The molecular weight excluding hydrogens is 238 g/mol. The van der Waals surface area contributed by atoms with Crippen LogP contribution in [0.25, 0.3) is 0 Å². The van der Waals surface area contributed by atoms with Crippen LogP contribution in [0.3, 0.4) is 0 Å². The molecule has 0 spiro atoms. The first-order chi connectivity index (χ1) is 8.69. The molecule has 6 heteroatoms. The van der Waals surface area contributed by atoms with E-state index in [4.69, 9.17) is 14.6 Å². The third-order valence-electron chi connectivity index (χ3n) is 2.30. The molecule has 0 bridgehead atoms. The molecule has 1 rings (SSSR count). The Morgan fingerprint density at radius 2 is 2.17 bits per heavy atom. The molecule has 0 aliphatic rings. The van der Waals surface area contributed by atoms with Crippen LogP contribution >= 0.6 is 0 Å². The largest absolute Gasteiger partial charge is 0.487 e. The second-order valence-electron chi connectivity index (χ2n) is 3.62. The molecule has 0 aliphatic carbocycles. The van der Waals surface area contributed by atoms with Crippen LogP contribution < -0.4 is 4.74 Å². The number of aliphatic hydroxyl groups excluding tert-OH is 1. The lowest BCUT2D eigenvalue weighted by Gasteiger charge is -2.08. The first kappa shape index (κ1) is 14.4. The Kier molecular flexibility index (Phi) is 6.10. The molecule has 0 fully saturated rings. The van der Waals surface area contributed by atoms with Gasteiger partial charge in [0.25, 0.3) is 0 Å². The maximum absolute atomic E-state index is 10.8. The van der Waals surface area contributed by atoms with Crippen molar-refractivity contribution in [2.45, 2.75) is 20.0 Å². The summed E-state index contributed by atoms with van der Waals surface area (Å²) in [6, 6.07) is 4.33. The van der Waals surface area contributed by atoms with Crippen molar-refractivity contribution in [3.05, 3.63) is 33.9 Å². The standard InChI is InChI=1S/C12H17NO5/c1-2-17-6-3-7-18-12-8-10(9-14)4-5-11(12)13(15)16/h4-5,8,14H,2-3,6-7,9H2,1H3. The van der Waals surface area contributed by atoms with Gasteiger partial charge in [-0.2, -0.15) is 0 Å². The molecule has 0 amide bonds. The molecule has 0 aliphatic heterocycles. The Hall–Kier alpha value is -1.66. The summed E-state index contributed by atoms with van der Waals surface area (Å²) in [6.07, 6.45) is 0.661. The summed E-state index contributed by atoms with van der Waals surface area (Å²) in [4.78, 5) is 10.3. The molecule has 0 atom stereocenters. The van der Waals surface area contributed by atoms with Crippen molar-refractivity contribution in [1.29, 1.82) is 0 Å². The minimum atomic E-state index is -0.501. The molecular formula is C12H17NO5. The summed E-state index contributed by atoms with van der Waals surface area (Å²) < 4.78 is 10.5. The van der Waals surface area contributed by atoms with Crippen LogP contribution in [-0.2, 0) is 11.3 Å². The van der Waals surface area contributed by atoms with E-state index in [0.29, 0.717) is 31.8 Å². The van der Waals surface area contributed by atoms with E-state index in [0.717, 1.165) is 0 Å². The van der Waals surface area contributed by atoms with Gasteiger partial charge in [-0.15, -0.1) is 0 Å². The van der Waals surface area contributed by atoms with Gasteiger partial charge in [-0.3, -0.25) is 10.1 Å². The molecule has 100 valence electrons. The Morgan fingerprint density at radius 3 is 2.78 bits per heavy atom. The van der Waals surface area contributed by atoms with Crippen LogP contribution in [-0.4, -0.2) is 29.9 Å². The average Bonchev–Trinajstić information content (AvgIpc) is 2.38. The number of nitrogens with zero attached hydrogens (tertiary/aromatic N) is 1. The van der Waals surface area contributed by atoms with E-state index in [1.807, 2.05) is 6.92 Å². The van der Waals surface area contributed by atoms with Crippen LogP contribution in [0, 0.1) is 10.1 Å².